The molecule has 2 fully saturated rings. The number of aryl methyl sites for hydroxylation is 12. The highest BCUT2D eigenvalue weighted by atomic mass is 16.3. The number of hydrogen-bond donors (Lipinski definition) is 0. The zero-order chi connectivity index (χ0) is 97.0. The molecular formula is C132H120N5O5+5. The molecule has 10 heterocycles. The number of hydrogen-bond acceptors (Lipinski definition) is 5. The van der Waals surface area contributed by atoms with E-state index in [0.717, 1.165) is 73.6 Å². The fraction of sp³-hybridized carbons (Fsp3) is 0.205. The van der Waals surface area contributed by atoms with Gasteiger partial charge in [0.25, 0.3) is 0 Å². The largest absolute Gasteiger partial charge is 0.454 e. The molecule has 0 amide bonds. The van der Waals surface area contributed by atoms with E-state index < -0.39 is 0 Å². The summed E-state index contributed by atoms with van der Waals surface area (Å²) in [4.78, 5) is 0. The molecule has 0 aliphatic heterocycles. The molecule has 25 aromatic rings. The van der Waals surface area contributed by atoms with E-state index in [-0.39, 0.29) is 0 Å². The molecule has 0 unspecified atom stereocenters. The van der Waals surface area contributed by atoms with Gasteiger partial charge >= 0.3 is 0 Å². The van der Waals surface area contributed by atoms with Crippen molar-refractivity contribution in [3.05, 3.63) is 390 Å². The lowest BCUT2D eigenvalue weighted by Gasteiger charge is -2.21. The average Bonchev–Trinajstić information content (AvgIpc) is 1.61. The number of furan rings is 5. The fourth-order valence-electron chi connectivity index (χ4n) is 23.2. The Hall–Kier alpha value is -15.7. The van der Waals surface area contributed by atoms with Gasteiger partial charge in [0, 0.05) is 139 Å². The number of nitrogens with zero attached hydrogens (tertiary/aromatic N) is 5. The molecule has 698 valence electrons. The maximum atomic E-state index is 6.62. The van der Waals surface area contributed by atoms with Crippen molar-refractivity contribution in [3.8, 4) is 56.3 Å². The van der Waals surface area contributed by atoms with E-state index in [2.05, 4.69) is 455 Å². The Balaban J connectivity index is 0.0000000988. The molecule has 0 atom stereocenters. The predicted molar refractivity (Wildman–Crippen MR) is 588 cm³/mol. The van der Waals surface area contributed by atoms with E-state index >= 15 is 0 Å². The highest BCUT2D eigenvalue weighted by Crippen LogP contribution is 2.48. The Labute approximate surface area is 828 Å². The minimum Gasteiger partial charge on any atom is -0.454 e. The summed E-state index contributed by atoms with van der Waals surface area (Å²) in [6, 6.07) is 109. The van der Waals surface area contributed by atoms with Crippen LogP contribution >= 0.6 is 0 Å². The summed E-state index contributed by atoms with van der Waals surface area (Å²) >= 11 is 0. The summed E-state index contributed by atoms with van der Waals surface area (Å²) < 4.78 is 44.0. The van der Waals surface area contributed by atoms with Crippen LogP contribution in [0.4, 0.5) is 0 Å². The number of rotatable bonds is 9. The number of pyridine rings is 5. The van der Waals surface area contributed by atoms with E-state index in [9.17, 15) is 0 Å². The fourth-order valence-corrected chi connectivity index (χ4v) is 23.2. The molecule has 15 aromatic carbocycles. The molecule has 142 heavy (non-hydrogen) atoms. The summed E-state index contributed by atoms with van der Waals surface area (Å²) in [5, 5.41) is 23.7. The first-order chi connectivity index (χ1) is 69.2. The molecule has 2 aliphatic carbocycles. The summed E-state index contributed by atoms with van der Waals surface area (Å²) in [7, 11) is 10.7. The zero-order valence-corrected chi connectivity index (χ0v) is 83.8. The maximum absolute atomic E-state index is 6.62. The van der Waals surface area contributed by atoms with Gasteiger partial charge in [-0.2, -0.15) is 0 Å². The van der Waals surface area contributed by atoms with Crippen LogP contribution in [0.1, 0.15) is 152 Å². The minimum atomic E-state index is 0.509. The maximum Gasteiger partial charge on any atom is 0.216 e. The molecule has 0 radical (unpaired) electrons. The van der Waals surface area contributed by atoms with E-state index in [1.807, 2.05) is 0 Å². The third kappa shape index (κ3) is 16.0. The van der Waals surface area contributed by atoms with Crippen molar-refractivity contribution in [2.75, 3.05) is 0 Å². The zero-order valence-electron chi connectivity index (χ0n) is 83.8. The van der Waals surface area contributed by atoms with Crippen LogP contribution in [-0.2, 0) is 41.7 Å². The molecule has 2 saturated carbocycles. The second kappa shape index (κ2) is 37.2. The quantitative estimate of drug-likeness (QED) is 0.134. The van der Waals surface area contributed by atoms with Gasteiger partial charge in [0.05, 0.1) is 27.8 Å². The molecule has 27 rings (SSSR count). The van der Waals surface area contributed by atoms with Crippen molar-refractivity contribution in [3.63, 3.8) is 0 Å². The first-order valence-corrected chi connectivity index (χ1v) is 50.9. The van der Waals surface area contributed by atoms with Crippen molar-refractivity contribution in [1.82, 2.24) is 0 Å². The average molecular weight is 1860 g/mol. The van der Waals surface area contributed by atoms with Crippen LogP contribution in [0.3, 0.4) is 0 Å². The van der Waals surface area contributed by atoms with Crippen molar-refractivity contribution in [2.24, 2.45) is 35.2 Å². The SMILES string of the molecule is CCc1ccc(-c2c(C)ccc3c2oc2c4ccccc4ccc32)[n+](C)c1.Cc1ccc(-c2c(C)ccc3c2oc2c4ccccc4ccc32)[n+](C)c1.Cc1ccc2c(oc3c4ccccc4ccc23)c1-c1ccc(C(C)C)c[n+]1C.Cc1ccc2c(oc3c4ccccc4ccc23)c1-c1ccc(C2CCCC2)c[n+]1C.Cc1ccc2c(oc3c4ccccc4ccc23)c1-c1ccc(C2CCCCC2)c[n+]1C. The van der Waals surface area contributed by atoms with Crippen LogP contribution < -0.4 is 22.8 Å². The molecule has 0 spiro atoms. The van der Waals surface area contributed by atoms with Crippen LogP contribution in [0, 0.1) is 41.5 Å². The van der Waals surface area contributed by atoms with Gasteiger partial charge in [-0.25, -0.2) is 22.8 Å². The molecular weight excluding hydrogens is 1740 g/mol. The summed E-state index contributed by atoms with van der Waals surface area (Å²) in [6.07, 6.45) is 24.5. The first kappa shape index (κ1) is 90.2. The van der Waals surface area contributed by atoms with Crippen molar-refractivity contribution in [1.29, 1.82) is 0 Å². The lowest BCUT2D eigenvalue weighted by molar-refractivity contribution is -0.661. The van der Waals surface area contributed by atoms with Crippen LogP contribution in [-0.4, -0.2) is 0 Å². The Kier molecular flexibility index (Phi) is 23.6. The molecule has 10 aromatic heterocycles. The summed E-state index contributed by atoms with van der Waals surface area (Å²) in [5.41, 5.74) is 34.7. The molecule has 10 heteroatoms. The van der Waals surface area contributed by atoms with Crippen molar-refractivity contribution >= 4 is 164 Å². The van der Waals surface area contributed by atoms with Crippen LogP contribution in [0.2, 0.25) is 0 Å². The van der Waals surface area contributed by atoms with Crippen molar-refractivity contribution in [2.45, 2.75) is 144 Å². The van der Waals surface area contributed by atoms with Gasteiger partial charge in [0.2, 0.25) is 28.5 Å². The third-order valence-electron chi connectivity index (χ3n) is 30.9. The van der Waals surface area contributed by atoms with Gasteiger partial charge in [0.1, 0.15) is 91.1 Å². The van der Waals surface area contributed by atoms with E-state index in [4.69, 9.17) is 22.1 Å². The van der Waals surface area contributed by atoms with Gasteiger partial charge in [-0.3, -0.25) is 0 Å². The van der Waals surface area contributed by atoms with Crippen molar-refractivity contribution < 1.29 is 44.9 Å². The number of aromatic nitrogens is 5. The highest BCUT2D eigenvalue weighted by molar-refractivity contribution is 6.22. The van der Waals surface area contributed by atoms with Crippen LogP contribution in [0.5, 0.6) is 0 Å². The van der Waals surface area contributed by atoms with Gasteiger partial charge in [-0.15, -0.1) is 0 Å². The van der Waals surface area contributed by atoms with E-state index in [1.54, 1.807) is 0 Å². The summed E-state index contributed by atoms with van der Waals surface area (Å²) in [6.45, 7) is 19.6. The second-order valence-corrected chi connectivity index (χ2v) is 40.4. The molecule has 0 saturated heterocycles. The standard InChI is InChI=1S/C29H28NO.C28H26NO.C26H24NO.C25H22NO.C24H20NO/c1-19-12-15-25-24-16-13-21-10-6-7-11-23(21)28(24)31-29(25)27(19)26-17-14-22(18-30(26)2)20-8-4-3-5-9-20;1-18-11-14-24-23-15-12-20-9-5-6-10-22(20)27(23)30-28(24)26(18)25-16-13-21(17-29(25)2)19-7-3-4-8-19;1-16(2)19-11-14-23(27(4)15-19)24-17(3)9-12-22-21-13-10-18-7-5-6-8-20(18)25(21)28-26(22)24;1-4-17-10-14-22(26(3)15-17)23-16(2)9-12-21-20-13-11-18-7-5-6-8-19(18)24(20)27-25(21)23;1-15-8-13-21(25(3)14-15)22-16(2)9-11-20-19-12-10-17-6-4-5-7-18(17)23(19)26-24(20)22/h6-7,10-18,20H,3-5,8-9H2,1-2H3;5-6,9-17,19H,3-4,7-8H2,1-2H3;5-16H,1-4H3;5-15H,4H2,1-3H3;4-14H,1-3H3/q5*+1. The van der Waals surface area contributed by atoms with Gasteiger partial charge in [0.15, 0.2) is 31.0 Å². The smallest absolute Gasteiger partial charge is 0.216 e. The normalized spacial score (nSPS) is 13.2. The third-order valence-corrected chi connectivity index (χ3v) is 30.9. The van der Waals surface area contributed by atoms with Gasteiger partial charge < -0.3 is 22.1 Å². The number of fused-ring (bicyclic) bond motifs is 25. The van der Waals surface area contributed by atoms with Crippen LogP contribution in [0.15, 0.2) is 356 Å². The second-order valence-electron chi connectivity index (χ2n) is 40.4. The first-order valence-electron chi connectivity index (χ1n) is 50.9. The minimum absolute atomic E-state index is 0.509. The molecule has 2 aliphatic rings. The monoisotopic (exact) mass is 1850 g/mol. The topological polar surface area (TPSA) is 85.1 Å². The highest BCUT2D eigenvalue weighted by Gasteiger charge is 2.31. The van der Waals surface area contributed by atoms with Gasteiger partial charge in [-0.1, -0.05) is 265 Å². The summed E-state index contributed by atoms with van der Waals surface area (Å²) in [5.74, 6) is 1.94. The number of benzene rings is 15. The Morgan fingerprint density at radius 1 is 0.232 bits per heavy atom. The Morgan fingerprint density at radius 3 is 0.754 bits per heavy atom. The molecule has 0 bridgehead atoms. The van der Waals surface area contributed by atoms with E-state index in [1.165, 1.54) is 272 Å². The Morgan fingerprint density at radius 2 is 0.479 bits per heavy atom. The van der Waals surface area contributed by atoms with Gasteiger partial charge in [-0.05, 0) is 207 Å². The van der Waals surface area contributed by atoms with E-state index in [0.29, 0.717) is 11.8 Å². The molecule has 10 nitrogen and oxygen atoms in total. The lowest BCUT2D eigenvalue weighted by atomic mass is 9.84. The Bertz CT molecular complexity index is 9340. The molecule has 0 N–H and O–H groups in total. The van der Waals surface area contributed by atoms with Crippen LogP contribution in [0.25, 0.3) is 220 Å². The predicted octanol–water partition coefficient (Wildman–Crippen LogP) is 33.4. The lowest BCUT2D eigenvalue weighted by Crippen LogP contribution is -2.32.